The van der Waals surface area contributed by atoms with Crippen LogP contribution in [-0.4, -0.2) is 28.2 Å². The summed E-state index contributed by atoms with van der Waals surface area (Å²) in [7, 11) is 0. The van der Waals surface area contributed by atoms with Gasteiger partial charge in [0, 0.05) is 36.2 Å². The maximum absolute atomic E-state index is 11.7. The fourth-order valence-electron chi connectivity index (χ4n) is 1.70. The minimum atomic E-state index is 0.0676. The molecule has 0 unspecified atom stereocenters. The number of thioether (sulfide) groups is 1. The van der Waals surface area contributed by atoms with E-state index in [4.69, 9.17) is 0 Å². The van der Waals surface area contributed by atoms with E-state index >= 15 is 0 Å². The average molecular weight is 287 g/mol. The molecule has 2 aromatic heterocycles. The van der Waals surface area contributed by atoms with E-state index < -0.39 is 0 Å². The third-order valence-corrected chi connectivity index (χ3v) is 3.72. The summed E-state index contributed by atoms with van der Waals surface area (Å²) >= 11 is 1.52. The molecule has 0 fully saturated rings. The van der Waals surface area contributed by atoms with Crippen LogP contribution in [0.1, 0.15) is 12.0 Å². The van der Waals surface area contributed by atoms with Gasteiger partial charge in [0.05, 0.1) is 5.75 Å². The van der Waals surface area contributed by atoms with Crippen molar-refractivity contribution in [3.63, 3.8) is 0 Å². The number of pyridine rings is 2. The maximum atomic E-state index is 11.7. The molecule has 2 heterocycles. The van der Waals surface area contributed by atoms with Gasteiger partial charge in [-0.1, -0.05) is 6.07 Å². The van der Waals surface area contributed by atoms with Crippen LogP contribution in [0.5, 0.6) is 0 Å². The summed E-state index contributed by atoms with van der Waals surface area (Å²) in [5.41, 5.74) is 1.20. The predicted molar refractivity (Wildman–Crippen MR) is 80.5 cm³/mol. The Kier molecular flexibility index (Phi) is 6.05. The van der Waals surface area contributed by atoms with E-state index in [2.05, 4.69) is 15.3 Å². The first-order valence-electron chi connectivity index (χ1n) is 6.53. The molecule has 4 nitrogen and oxygen atoms in total. The highest BCUT2D eigenvalue weighted by molar-refractivity contribution is 8.00. The molecule has 0 atom stereocenters. The van der Waals surface area contributed by atoms with Crippen LogP contribution in [0.15, 0.2) is 53.9 Å². The minimum absolute atomic E-state index is 0.0676. The van der Waals surface area contributed by atoms with Gasteiger partial charge in [-0.25, -0.2) is 0 Å². The van der Waals surface area contributed by atoms with Crippen molar-refractivity contribution in [1.82, 2.24) is 15.3 Å². The molecule has 0 spiro atoms. The minimum Gasteiger partial charge on any atom is -0.355 e. The number of aryl methyl sites for hydroxylation is 1. The fraction of sp³-hybridized carbons (Fsp3) is 0.267. The fourth-order valence-corrected chi connectivity index (χ4v) is 2.41. The molecule has 0 radical (unpaired) electrons. The highest BCUT2D eigenvalue weighted by atomic mass is 32.2. The zero-order valence-electron chi connectivity index (χ0n) is 11.2. The first-order chi connectivity index (χ1) is 9.84. The van der Waals surface area contributed by atoms with Gasteiger partial charge in [0.1, 0.15) is 0 Å². The molecule has 0 aliphatic rings. The monoisotopic (exact) mass is 287 g/mol. The van der Waals surface area contributed by atoms with E-state index in [1.807, 2.05) is 30.5 Å². The molecule has 0 saturated heterocycles. The molecule has 2 aromatic rings. The Morgan fingerprint density at radius 1 is 1.15 bits per heavy atom. The number of aromatic nitrogens is 2. The quantitative estimate of drug-likeness (QED) is 0.627. The topological polar surface area (TPSA) is 54.9 Å². The van der Waals surface area contributed by atoms with Crippen LogP contribution in [-0.2, 0) is 11.2 Å². The summed E-state index contributed by atoms with van der Waals surface area (Å²) in [5.74, 6) is 0.509. The molecule has 104 valence electrons. The zero-order valence-corrected chi connectivity index (χ0v) is 12.0. The van der Waals surface area contributed by atoms with Crippen LogP contribution in [0.4, 0.5) is 0 Å². The van der Waals surface area contributed by atoms with Crippen molar-refractivity contribution in [1.29, 1.82) is 0 Å². The number of amides is 1. The standard InChI is InChI=1S/C15H17N3OS/c19-15(12-20-14-5-9-16-10-6-14)18-8-2-4-13-3-1-7-17-11-13/h1,3,5-7,9-11H,2,4,8,12H2,(H,18,19). The van der Waals surface area contributed by atoms with Crippen molar-refractivity contribution >= 4 is 17.7 Å². The smallest absolute Gasteiger partial charge is 0.230 e. The Labute approximate surface area is 123 Å². The normalized spacial score (nSPS) is 10.2. The molecule has 20 heavy (non-hydrogen) atoms. The highest BCUT2D eigenvalue weighted by Crippen LogP contribution is 2.15. The Hall–Kier alpha value is -1.88. The molecule has 0 aromatic carbocycles. The first kappa shape index (κ1) is 14.5. The van der Waals surface area contributed by atoms with E-state index in [0.29, 0.717) is 12.3 Å². The Morgan fingerprint density at radius 3 is 2.75 bits per heavy atom. The summed E-state index contributed by atoms with van der Waals surface area (Å²) in [6.45, 7) is 0.699. The van der Waals surface area contributed by atoms with E-state index in [9.17, 15) is 4.79 Å². The number of hydrogen-bond donors (Lipinski definition) is 1. The number of rotatable bonds is 7. The summed E-state index contributed by atoms with van der Waals surface area (Å²) in [4.78, 5) is 20.7. The van der Waals surface area contributed by atoms with Gasteiger partial charge in [-0.2, -0.15) is 0 Å². The van der Waals surface area contributed by atoms with Crippen molar-refractivity contribution in [3.8, 4) is 0 Å². The summed E-state index contributed by atoms with van der Waals surface area (Å²) < 4.78 is 0. The van der Waals surface area contributed by atoms with Gasteiger partial charge in [-0.15, -0.1) is 11.8 Å². The Morgan fingerprint density at radius 2 is 2.00 bits per heavy atom. The summed E-state index contributed by atoms with van der Waals surface area (Å²) in [6, 6.07) is 7.79. The van der Waals surface area contributed by atoms with Gasteiger partial charge in [0.15, 0.2) is 0 Å². The molecular formula is C15H17N3OS. The Balaban J connectivity index is 1.59. The molecule has 2 rings (SSSR count). The van der Waals surface area contributed by atoms with E-state index in [1.54, 1.807) is 18.6 Å². The third-order valence-electron chi connectivity index (χ3n) is 2.71. The van der Waals surface area contributed by atoms with E-state index in [0.717, 1.165) is 17.7 Å². The van der Waals surface area contributed by atoms with Crippen molar-refractivity contribution in [2.45, 2.75) is 17.7 Å². The van der Waals surface area contributed by atoms with Crippen LogP contribution in [0, 0.1) is 0 Å². The van der Waals surface area contributed by atoms with E-state index in [1.165, 1.54) is 17.3 Å². The first-order valence-corrected chi connectivity index (χ1v) is 7.51. The SMILES string of the molecule is O=C(CSc1ccncc1)NCCCc1cccnc1. The largest absolute Gasteiger partial charge is 0.355 e. The second kappa shape index (κ2) is 8.32. The number of carbonyl (C=O) groups is 1. The predicted octanol–water partition coefficient (Wildman–Crippen LogP) is 2.32. The van der Waals surface area contributed by atoms with Crippen LogP contribution >= 0.6 is 11.8 Å². The van der Waals surface area contributed by atoms with Crippen LogP contribution < -0.4 is 5.32 Å². The third kappa shape index (κ3) is 5.40. The highest BCUT2D eigenvalue weighted by Gasteiger charge is 2.02. The van der Waals surface area contributed by atoms with Crippen LogP contribution in [0.2, 0.25) is 0 Å². The number of nitrogens with one attached hydrogen (secondary N) is 1. The molecule has 0 saturated carbocycles. The lowest BCUT2D eigenvalue weighted by Crippen LogP contribution is -2.26. The van der Waals surface area contributed by atoms with Crippen molar-refractivity contribution in [2.24, 2.45) is 0 Å². The van der Waals surface area contributed by atoms with Gasteiger partial charge < -0.3 is 5.32 Å². The average Bonchev–Trinajstić information content (AvgIpc) is 2.52. The molecule has 0 aliphatic heterocycles. The van der Waals surface area contributed by atoms with Gasteiger partial charge in [0.25, 0.3) is 0 Å². The van der Waals surface area contributed by atoms with Gasteiger partial charge in [-0.05, 0) is 36.6 Å². The Bertz CT molecular complexity index is 519. The van der Waals surface area contributed by atoms with Crippen molar-refractivity contribution in [3.05, 3.63) is 54.6 Å². The van der Waals surface area contributed by atoms with Crippen molar-refractivity contribution in [2.75, 3.05) is 12.3 Å². The number of nitrogens with zero attached hydrogens (tertiary/aromatic N) is 2. The summed E-state index contributed by atoms with van der Waals surface area (Å²) in [5, 5.41) is 2.93. The molecule has 1 amide bonds. The second-order valence-electron chi connectivity index (χ2n) is 4.29. The molecule has 0 bridgehead atoms. The summed E-state index contributed by atoms with van der Waals surface area (Å²) in [6.07, 6.45) is 8.95. The van der Waals surface area contributed by atoms with Gasteiger partial charge in [-0.3, -0.25) is 14.8 Å². The lowest BCUT2D eigenvalue weighted by Gasteiger charge is -2.05. The van der Waals surface area contributed by atoms with Crippen LogP contribution in [0.3, 0.4) is 0 Å². The molecule has 1 N–H and O–H groups in total. The lowest BCUT2D eigenvalue weighted by molar-refractivity contribution is -0.118. The zero-order chi connectivity index (χ0) is 14.0. The lowest BCUT2D eigenvalue weighted by atomic mass is 10.1. The van der Waals surface area contributed by atoms with Gasteiger partial charge in [0.2, 0.25) is 5.91 Å². The number of carbonyl (C=O) groups excluding carboxylic acids is 1. The molecule has 5 heteroatoms. The van der Waals surface area contributed by atoms with Crippen LogP contribution in [0.25, 0.3) is 0 Å². The van der Waals surface area contributed by atoms with E-state index in [-0.39, 0.29) is 5.91 Å². The molecular weight excluding hydrogens is 270 g/mol. The maximum Gasteiger partial charge on any atom is 0.230 e. The number of hydrogen-bond acceptors (Lipinski definition) is 4. The van der Waals surface area contributed by atoms with Gasteiger partial charge >= 0.3 is 0 Å². The second-order valence-corrected chi connectivity index (χ2v) is 5.34. The molecule has 0 aliphatic carbocycles. The van der Waals surface area contributed by atoms with Crippen molar-refractivity contribution < 1.29 is 4.79 Å².